The number of primary sulfonamides is 1. The highest BCUT2D eigenvalue weighted by Crippen LogP contribution is 2.24. The zero-order valence-electron chi connectivity index (χ0n) is 8.34. The number of sulfonamides is 1. The molecule has 0 spiro atoms. The van der Waals surface area contributed by atoms with E-state index in [0.717, 1.165) is 6.20 Å². The number of rotatable bonds is 2. The largest absolute Gasteiger partial charge is 0.241 e. The molecule has 90 valence electrons. The lowest BCUT2D eigenvalue weighted by atomic mass is 10.3. The van der Waals surface area contributed by atoms with E-state index in [1.165, 1.54) is 16.9 Å². The Morgan fingerprint density at radius 3 is 2.53 bits per heavy atom. The maximum Gasteiger partial charge on any atom is 0.241 e. The lowest BCUT2D eigenvalue weighted by Crippen LogP contribution is -2.11. The third kappa shape index (κ3) is 2.61. The van der Waals surface area contributed by atoms with Crippen LogP contribution in [-0.4, -0.2) is 18.2 Å². The average Bonchev–Trinajstić information content (AvgIpc) is 2.65. The van der Waals surface area contributed by atoms with Gasteiger partial charge < -0.3 is 0 Å². The van der Waals surface area contributed by atoms with Crippen molar-refractivity contribution in [2.45, 2.75) is 4.90 Å². The summed E-state index contributed by atoms with van der Waals surface area (Å²) in [5, 5.41) is 9.69. The van der Waals surface area contributed by atoms with Crippen LogP contribution in [0.1, 0.15) is 0 Å². The molecule has 8 heteroatoms. The van der Waals surface area contributed by atoms with E-state index in [1.54, 1.807) is 12.1 Å². The number of hydrogen-bond donors (Lipinski definition) is 1. The first-order valence-electron chi connectivity index (χ1n) is 4.41. The van der Waals surface area contributed by atoms with Crippen LogP contribution in [0.15, 0.2) is 35.5 Å². The van der Waals surface area contributed by atoms with Crippen LogP contribution < -0.4 is 5.14 Å². The molecule has 0 atom stereocenters. The third-order valence-electron chi connectivity index (χ3n) is 2.04. The Morgan fingerprint density at radius 1 is 1.29 bits per heavy atom. The van der Waals surface area contributed by atoms with Crippen molar-refractivity contribution < 1.29 is 8.42 Å². The summed E-state index contributed by atoms with van der Waals surface area (Å²) in [6.45, 7) is 0. The molecule has 1 aromatic carbocycles. The molecule has 0 saturated heterocycles. The van der Waals surface area contributed by atoms with Crippen LogP contribution in [0.3, 0.4) is 0 Å². The van der Waals surface area contributed by atoms with Crippen molar-refractivity contribution in [3.8, 4) is 5.69 Å². The quantitative estimate of drug-likeness (QED) is 0.917. The summed E-state index contributed by atoms with van der Waals surface area (Å²) in [7, 11) is -3.76. The van der Waals surface area contributed by atoms with E-state index in [1.807, 2.05) is 0 Å². The van der Waals surface area contributed by atoms with Gasteiger partial charge in [0.2, 0.25) is 10.0 Å². The minimum absolute atomic E-state index is 0.0801. The molecule has 0 unspecified atom stereocenters. The Kier molecular flexibility index (Phi) is 3.13. The molecule has 1 heterocycles. The van der Waals surface area contributed by atoms with E-state index in [9.17, 15) is 8.42 Å². The normalized spacial score (nSPS) is 11.7. The Morgan fingerprint density at radius 2 is 2.00 bits per heavy atom. The number of aromatic nitrogens is 2. The summed E-state index contributed by atoms with van der Waals surface area (Å²) in [4.78, 5) is -0.0801. The van der Waals surface area contributed by atoms with Crippen molar-refractivity contribution in [3.63, 3.8) is 0 Å². The van der Waals surface area contributed by atoms with E-state index in [2.05, 4.69) is 5.10 Å². The molecule has 0 radical (unpaired) electrons. The van der Waals surface area contributed by atoms with Crippen molar-refractivity contribution in [2.75, 3.05) is 0 Å². The minimum atomic E-state index is -3.76. The minimum Gasteiger partial charge on any atom is -0.238 e. The first-order chi connectivity index (χ1) is 7.88. The fraction of sp³-hybridized carbons (Fsp3) is 0. The lowest BCUT2D eigenvalue weighted by molar-refractivity contribution is 0.598. The van der Waals surface area contributed by atoms with Gasteiger partial charge in [0.15, 0.2) is 0 Å². The maximum absolute atomic E-state index is 11.1. The zero-order valence-corrected chi connectivity index (χ0v) is 10.7. The molecule has 2 rings (SSSR count). The van der Waals surface area contributed by atoms with Crippen LogP contribution >= 0.6 is 23.2 Å². The summed E-state index contributed by atoms with van der Waals surface area (Å²) < 4.78 is 23.5. The highest BCUT2D eigenvalue weighted by molar-refractivity contribution is 7.89. The standard InChI is InChI=1S/C9H7Cl2N3O2S/c10-6-1-2-9(8(11)3-6)14-5-7(4-13-14)17(12,15)16/h1-5H,(H2,12,15,16). The van der Waals surface area contributed by atoms with Gasteiger partial charge >= 0.3 is 0 Å². The lowest BCUT2D eigenvalue weighted by Gasteiger charge is -2.03. The predicted molar refractivity (Wildman–Crippen MR) is 65.0 cm³/mol. The van der Waals surface area contributed by atoms with E-state index in [4.69, 9.17) is 28.3 Å². The molecule has 0 saturated carbocycles. The number of nitrogens with two attached hydrogens (primary N) is 1. The molecule has 2 aromatic rings. The first kappa shape index (κ1) is 12.4. The molecule has 0 aliphatic carbocycles. The maximum atomic E-state index is 11.1. The van der Waals surface area contributed by atoms with Crippen LogP contribution in [0.4, 0.5) is 0 Å². The van der Waals surface area contributed by atoms with E-state index in [0.29, 0.717) is 15.7 Å². The molecular formula is C9H7Cl2N3O2S. The summed E-state index contributed by atoms with van der Waals surface area (Å²) in [5.74, 6) is 0. The molecule has 0 aliphatic heterocycles. The summed E-state index contributed by atoms with van der Waals surface area (Å²) in [6.07, 6.45) is 2.44. The highest BCUT2D eigenvalue weighted by atomic mass is 35.5. The summed E-state index contributed by atoms with van der Waals surface area (Å²) >= 11 is 11.7. The van der Waals surface area contributed by atoms with Crippen LogP contribution in [0, 0.1) is 0 Å². The third-order valence-corrected chi connectivity index (χ3v) is 3.45. The number of halogens is 2. The molecule has 0 fully saturated rings. The fourth-order valence-corrected chi connectivity index (χ4v) is 2.19. The molecule has 2 N–H and O–H groups in total. The summed E-state index contributed by atoms with van der Waals surface area (Å²) in [6, 6.07) is 4.79. The zero-order chi connectivity index (χ0) is 12.6. The fourth-order valence-electron chi connectivity index (χ4n) is 1.25. The number of benzene rings is 1. The van der Waals surface area contributed by atoms with Gasteiger partial charge in [-0.3, -0.25) is 0 Å². The smallest absolute Gasteiger partial charge is 0.238 e. The van der Waals surface area contributed by atoms with Gasteiger partial charge in [0.1, 0.15) is 4.90 Å². The van der Waals surface area contributed by atoms with E-state index in [-0.39, 0.29) is 4.90 Å². The molecule has 5 nitrogen and oxygen atoms in total. The van der Waals surface area contributed by atoms with Crippen molar-refractivity contribution in [1.29, 1.82) is 0 Å². The molecule has 0 amide bonds. The van der Waals surface area contributed by atoms with E-state index >= 15 is 0 Å². The van der Waals surface area contributed by atoms with E-state index < -0.39 is 10.0 Å². The second kappa shape index (κ2) is 4.30. The van der Waals surface area contributed by atoms with Gasteiger partial charge in [-0.15, -0.1) is 0 Å². The van der Waals surface area contributed by atoms with Crippen LogP contribution in [0.5, 0.6) is 0 Å². The van der Waals surface area contributed by atoms with Crippen LogP contribution in [0.25, 0.3) is 5.69 Å². The Hall–Kier alpha value is -1.08. The molecular weight excluding hydrogens is 285 g/mol. The number of hydrogen-bond acceptors (Lipinski definition) is 3. The van der Waals surface area contributed by atoms with Gasteiger partial charge in [0.05, 0.1) is 23.1 Å². The van der Waals surface area contributed by atoms with Gasteiger partial charge in [-0.1, -0.05) is 23.2 Å². The van der Waals surface area contributed by atoms with Gasteiger partial charge in [0.25, 0.3) is 0 Å². The number of nitrogens with zero attached hydrogens (tertiary/aromatic N) is 2. The topological polar surface area (TPSA) is 78.0 Å². The Labute approximate surface area is 108 Å². The Bertz CT molecular complexity index is 667. The van der Waals surface area contributed by atoms with Gasteiger partial charge in [-0.2, -0.15) is 5.10 Å². The van der Waals surface area contributed by atoms with Gasteiger partial charge in [-0.25, -0.2) is 18.2 Å². The van der Waals surface area contributed by atoms with Gasteiger partial charge in [-0.05, 0) is 18.2 Å². The molecule has 0 aliphatic rings. The molecule has 0 bridgehead atoms. The Balaban J connectivity index is 2.51. The molecule has 17 heavy (non-hydrogen) atoms. The SMILES string of the molecule is NS(=O)(=O)c1cnn(-c2ccc(Cl)cc2Cl)c1. The van der Waals surface area contributed by atoms with Crippen molar-refractivity contribution in [2.24, 2.45) is 5.14 Å². The summed E-state index contributed by atoms with van der Waals surface area (Å²) in [5.41, 5.74) is 0.519. The van der Waals surface area contributed by atoms with Crippen molar-refractivity contribution in [3.05, 3.63) is 40.6 Å². The average molecular weight is 292 g/mol. The first-order valence-corrected chi connectivity index (χ1v) is 6.71. The van der Waals surface area contributed by atoms with Gasteiger partial charge in [0, 0.05) is 5.02 Å². The van der Waals surface area contributed by atoms with Crippen LogP contribution in [0.2, 0.25) is 10.0 Å². The predicted octanol–water partition coefficient (Wildman–Crippen LogP) is 1.83. The van der Waals surface area contributed by atoms with Crippen LogP contribution in [-0.2, 0) is 10.0 Å². The van der Waals surface area contributed by atoms with Crippen molar-refractivity contribution >= 4 is 33.2 Å². The highest BCUT2D eigenvalue weighted by Gasteiger charge is 2.12. The second-order valence-electron chi connectivity index (χ2n) is 3.26. The second-order valence-corrected chi connectivity index (χ2v) is 5.67. The monoisotopic (exact) mass is 291 g/mol. The molecule has 1 aromatic heterocycles. The van der Waals surface area contributed by atoms with Crippen molar-refractivity contribution in [1.82, 2.24) is 9.78 Å².